The highest BCUT2D eigenvalue weighted by Crippen LogP contribution is 2.40. The van der Waals surface area contributed by atoms with E-state index in [9.17, 15) is 4.79 Å². The zero-order chi connectivity index (χ0) is 18.9. The van der Waals surface area contributed by atoms with Crippen LogP contribution in [0.3, 0.4) is 0 Å². The van der Waals surface area contributed by atoms with Crippen LogP contribution in [0.15, 0.2) is 36.5 Å². The second-order valence-corrected chi connectivity index (χ2v) is 8.70. The third kappa shape index (κ3) is 3.46. The van der Waals surface area contributed by atoms with Gasteiger partial charge in [0.1, 0.15) is 0 Å². The Hall–Kier alpha value is -2.21. The van der Waals surface area contributed by atoms with Gasteiger partial charge in [-0.25, -0.2) is 4.68 Å². The molecule has 5 rings (SSSR count). The first-order valence-electron chi connectivity index (χ1n) is 10.7. The number of rotatable bonds is 4. The molecule has 6 heteroatoms. The van der Waals surface area contributed by atoms with Gasteiger partial charge >= 0.3 is 0 Å². The van der Waals surface area contributed by atoms with E-state index in [4.69, 9.17) is 0 Å². The first-order chi connectivity index (χ1) is 13.8. The fraction of sp³-hybridized carbons (Fsp3) is 0.591. The molecule has 1 amide bonds. The van der Waals surface area contributed by atoms with Gasteiger partial charge in [0.2, 0.25) is 5.91 Å². The number of benzene rings is 1. The molecule has 148 valence electrons. The van der Waals surface area contributed by atoms with Crippen LogP contribution in [0.25, 0.3) is 0 Å². The van der Waals surface area contributed by atoms with E-state index in [2.05, 4.69) is 50.4 Å². The van der Waals surface area contributed by atoms with Crippen LogP contribution in [-0.4, -0.2) is 50.3 Å². The number of carbonyl (C=O) groups excluding carboxylic acids is 1. The highest BCUT2D eigenvalue weighted by atomic mass is 16.2. The van der Waals surface area contributed by atoms with Crippen LogP contribution in [0.4, 0.5) is 0 Å². The lowest BCUT2D eigenvalue weighted by Gasteiger charge is -2.32. The molecule has 2 aromatic rings. The summed E-state index contributed by atoms with van der Waals surface area (Å²) in [4.78, 5) is 18.1. The summed E-state index contributed by atoms with van der Waals surface area (Å²) in [5, 5.41) is 8.10. The van der Waals surface area contributed by atoms with Crippen molar-refractivity contribution in [1.82, 2.24) is 24.8 Å². The van der Waals surface area contributed by atoms with E-state index in [1.165, 1.54) is 31.2 Å². The second kappa shape index (κ2) is 7.66. The molecule has 1 saturated carbocycles. The fourth-order valence-corrected chi connectivity index (χ4v) is 5.51. The van der Waals surface area contributed by atoms with Crippen molar-refractivity contribution >= 4 is 5.91 Å². The van der Waals surface area contributed by atoms with Crippen molar-refractivity contribution in [1.29, 1.82) is 0 Å². The van der Waals surface area contributed by atoms with Gasteiger partial charge in [-0.15, -0.1) is 5.10 Å². The van der Waals surface area contributed by atoms with Crippen LogP contribution in [0, 0.1) is 17.8 Å². The Labute approximate surface area is 166 Å². The maximum Gasteiger partial charge on any atom is 0.227 e. The van der Waals surface area contributed by atoms with Gasteiger partial charge in [0.15, 0.2) is 0 Å². The van der Waals surface area contributed by atoms with E-state index in [0.29, 0.717) is 24.3 Å². The smallest absolute Gasteiger partial charge is 0.227 e. The Morgan fingerprint density at radius 2 is 1.89 bits per heavy atom. The van der Waals surface area contributed by atoms with Gasteiger partial charge in [-0.3, -0.25) is 9.69 Å². The Morgan fingerprint density at radius 3 is 2.71 bits per heavy atom. The molecule has 3 aliphatic rings. The molecule has 1 aromatic carbocycles. The molecule has 28 heavy (non-hydrogen) atoms. The molecule has 2 atom stereocenters. The average molecular weight is 380 g/mol. The summed E-state index contributed by atoms with van der Waals surface area (Å²) in [5.74, 6) is 1.70. The summed E-state index contributed by atoms with van der Waals surface area (Å²) in [6.07, 6.45) is 7.05. The predicted molar refractivity (Wildman–Crippen MR) is 106 cm³/mol. The van der Waals surface area contributed by atoms with Crippen molar-refractivity contribution in [3.8, 4) is 0 Å². The third-order valence-electron chi connectivity index (χ3n) is 6.96. The third-order valence-corrected chi connectivity index (χ3v) is 6.96. The van der Waals surface area contributed by atoms with Crippen LogP contribution in [0.1, 0.15) is 36.9 Å². The van der Waals surface area contributed by atoms with E-state index < -0.39 is 0 Å². The lowest BCUT2D eigenvalue weighted by Crippen LogP contribution is -2.44. The highest BCUT2D eigenvalue weighted by Gasteiger charge is 2.44. The van der Waals surface area contributed by atoms with Crippen molar-refractivity contribution in [2.75, 3.05) is 19.6 Å². The molecule has 6 nitrogen and oxygen atoms in total. The largest absolute Gasteiger partial charge is 0.335 e. The monoisotopic (exact) mass is 379 g/mol. The first-order valence-corrected chi connectivity index (χ1v) is 10.7. The van der Waals surface area contributed by atoms with E-state index in [-0.39, 0.29) is 5.92 Å². The molecule has 1 aromatic heterocycles. The van der Waals surface area contributed by atoms with Gasteiger partial charge in [-0.1, -0.05) is 61.2 Å². The summed E-state index contributed by atoms with van der Waals surface area (Å²) in [6.45, 7) is 5.06. The number of hydrogen-bond donors (Lipinski definition) is 0. The van der Waals surface area contributed by atoms with Gasteiger partial charge in [0, 0.05) is 26.2 Å². The van der Waals surface area contributed by atoms with E-state index in [1.807, 2.05) is 4.68 Å². The van der Waals surface area contributed by atoms with Crippen LogP contribution in [0.5, 0.6) is 0 Å². The average Bonchev–Trinajstić information content (AvgIpc) is 3.47. The van der Waals surface area contributed by atoms with Crippen LogP contribution >= 0.6 is 0 Å². The summed E-state index contributed by atoms with van der Waals surface area (Å²) in [6, 6.07) is 10.7. The van der Waals surface area contributed by atoms with Crippen LogP contribution in [0.2, 0.25) is 0 Å². The Bertz CT molecular complexity index is 813. The zero-order valence-electron chi connectivity index (χ0n) is 16.4. The lowest BCUT2D eigenvalue weighted by molar-refractivity contribution is -0.138. The predicted octanol–water partition coefficient (Wildman–Crippen LogP) is 2.56. The molecule has 2 fully saturated rings. The maximum atomic E-state index is 13.5. The first kappa shape index (κ1) is 17.9. The number of carbonyl (C=O) groups is 1. The fourth-order valence-electron chi connectivity index (χ4n) is 5.51. The summed E-state index contributed by atoms with van der Waals surface area (Å²) in [5.41, 5.74) is 2.39. The molecule has 0 N–H and O–H groups in total. The van der Waals surface area contributed by atoms with Crippen molar-refractivity contribution in [2.45, 2.75) is 45.3 Å². The van der Waals surface area contributed by atoms with E-state index >= 15 is 0 Å². The van der Waals surface area contributed by atoms with Gasteiger partial charge in [0.25, 0.3) is 0 Å². The Kier molecular flexibility index (Phi) is 4.89. The number of nitrogens with zero attached hydrogens (tertiary/aromatic N) is 5. The Balaban J connectivity index is 1.32. The summed E-state index contributed by atoms with van der Waals surface area (Å²) in [7, 11) is 0. The zero-order valence-corrected chi connectivity index (χ0v) is 16.4. The lowest BCUT2D eigenvalue weighted by atomic mass is 9.82. The van der Waals surface area contributed by atoms with Gasteiger partial charge in [0.05, 0.1) is 30.9 Å². The quantitative estimate of drug-likeness (QED) is 0.819. The molecule has 2 aliphatic heterocycles. The number of aromatic nitrogens is 3. The molecule has 0 radical (unpaired) electrons. The van der Waals surface area contributed by atoms with Crippen LogP contribution in [-0.2, 0) is 24.4 Å². The molecule has 1 aliphatic carbocycles. The second-order valence-electron chi connectivity index (χ2n) is 8.70. The molecular weight excluding hydrogens is 350 g/mol. The topological polar surface area (TPSA) is 54.3 Å². The number of hydrogen-bond acceptors (Lipinski definition) is 4. The minimum Gasteiger partial charge on any atom is -0.335 e. The normalized spacial score (nSPS) is 25.9. The molecule has 1 saturated heterocycles. The van der Waals surface area contributed by atoms with Crippen molar-refractivity contribution < 1.29 is 4.79 Å². The van der Waals surface area contributed by atoms with E-state index in [0.717, 1.165) is 38.4 Å². The summed E-state index contributed by atoms with van der Waals surface area (Å²) < 4.78 is 1.93. The van der Waals surface area contributed by atoms with Gasteiger partial charge < -0.3 is 4.90 Å². The van der Waals surface area contributed by atoms with Crippen LogP contribution < -0.4 is 0 Å². The Morgan fingerprint density at radius 1 is 1.07 bits per heavy atom. The number of amides is 1. The molecule has 0 spiro atoms. The maximum absolute atomic E-state index is 13.5. The highest BCUT2D eigenvalue weighted by molar-refractivity contribution is 5.80. The molecular formula is C22H29N5O. The number of likely N-dealkylation sites (tertiary alicyclic amines) is 1. The van der Waals surface area contributed by atoms with Crippen molar-refractivity contribution in [2.24, 2.45) is 17.8 Å². The van der Waals surface area contributed by atoms with Crippen molar-refractivity contribution in [3.05, 3.63) is 47.8 Å². The molecule has 0 bridgehead atoms. The van der Waals surface area contributed by atoms with Crippen molar-refractivity contribution in [3.63, 3.8) is 0 Å². The molecule has 0 unspecified atom stereocenters. The molecule has 3 heterocycles. The van der Waals surface area contributed by atoms with Gasteiger partial charge in [-0.2, -0.15) is 0 Å². The standard InChI is InChI=1S/C22H29N5O/c28-22(26-10-11-27-19(14-26)12-23-24-27)21-16-25(13-17-6-2-1-3-7-17)15-20(21)18-8-4-5-9-18/h1-3,6-7,12,18,20-21H,4-5,8-11,13-16H2/t20-,21+/m0/s1. The van der Waals surface area contributed by atoms with Gasteiger partial charge in [-0.05, 0) is 17.4 Å². The number of fused-ring (bicyclic) bond motifs is 1. The minimum atomic E-state index is 0.134. The van der Waals surface area contributed by atoms with E-state index in [1.54, 1.807) is 6.20 Å². The summed E-state index contributed by atoms with van der Waals surface area (Å²) >= 11 is 0. The minimum absolute atomic E-state index is 0.134. The SMILES string of the molecule is O=C([C@@H]1CN(Cc2ccccc2)C[C@H]1C1CCCC1)N1CCn2nncc2C1.